The molecule has 0 saturated heterocycles. The highest BCUT2D eigenvalue weighted by Crippen LogP contribution is 2.27. The smallest absolute Gasteiger partial charge is 0.0672 e. The molecule has 2 rings (SSSR count). The van der Waals surface area contributed by atoms with Crippen molar-refractivity contribution >= 4 is 0 Å². The first-order valence-electron chi connectivity index (χ1n) is 8.00. The number of aryl methyl sites for hydroxylation is 3. The van der Waals surface area contributed by atoms with Gasteiger partial charge in [0.2, 0.25) is 0 Å². The minimum Gasteiger partial charge on any atom is -0.313 e. The zero-order valence-electron chi connectivity index (χ0n) is 13.7. The first-order valence-corrected chi connectivity index (χ1v) is 8.00. The summed E-state index contributed by atoms with van der Waals surface area (Å²) in [7, 11) is 0. The van der Waals surface area contributed by atoms with Crippen molar-refractivity contribution in [1.29, 1.82) is 0 Å². The van der Waals surface area contributed by atoms with Gasteiger partial charge in [-0.15, -0.1) is 0 Å². The topological polar surface area (TPSA) is 29.9 Å². The van der Waals surface area contributed by atoms with Crippen LogP contribution < -0.4 is 5.32 Å². The molecule has 0 spiro atoms. The fourth-order valence-corrected chi connectivity index (χ4v) is 2.60. The van der Waals surface area contributed by atoms with Gasteiger partial charge in [-0.25, -0.2) is 0 Å². The van der Waals surface area contributed by atoms with Gasteiger partial charge in [0.05, 0.1) is 5.69 Å². The molecule has 0 fully saturated rings. The third-order valence-corrected chi connectivity index (χ3v) is 3.75. The predicted molar refractivity (Wildman–Crippen MR) is 89.4 cm³/mol. The van der Waals surface area contributed by atoms with Crippen molar-refractivity contribution in [3.8, 4) is 11.1 Å². The largest absolute Gasteiger partial charge is 0.313 e. The fraction of sp³-hybridized carbons (Fsp3) is 0.500. The monoisotopic (exact) mass is 285 g/mol. The molecule has 21 heavy (non-hydrogen) atoms. The van der Waals surface area contributed by atoms with E-state index in [1.54, 1.807) is 0 Å². The molecular weight excluding hydrogens is 258 g/mol. The molecule has 1 aromatic carbocycles. The molecule has 0 aliphatic carbocycles. The quantitative estimate of drug-likeness (QED) is 0.777. The van der Waals surface area contributed by atoms with E-state index < -0.39 is 0 Å². The molecule has 0 unspecified atom stereocenters. The average Bonchev–Trinajstić information content (AvgIpc) is 2.82. The lowest BCUT2D eigenvalue weighted by Crippen LogP contribution is -2.13. The second kappa shape index (κ2) is 7.41. The summed E-state index contributed by atoms with van der Waals surface area (Å²) < 4.78 is 2.06. The lowest BCUT2D eigenvalue weighted by atomic mass is 9.98. The summed E-state index contributed by atoms with van der Waals surface area (Å²) in [5, 5.41) is 8.09. The summed E-state index contributed by atoms with van der Waals surface area (Å²) in [6.45, 7) is 11.6. The van der Waals surface area contributed by atoms with E-state index in [1.807, 2.05) is 0 Å². The molecular formula is C18H27N3. The Balaban J connectivity index is 2.27. The lowest BCUT2D eigenvalue weighted by molar-refractivity contribution is 0.598. The standard InChI is InChI=1S/C18H27N3/c1-5-9-19-12-16-8-7-14(3)17(11-16)18-13-21(10-6-2)20-15(18)4/h7-8,11,13,19H,5-6,9-10,12H2,1-4H3. The third kappa shape index (κ3) is 3.94. The van der Waals surface area contributed by atoms with Crippen LogP contribution >= 0.6 is 0 Å². The van der Waals surface area contributed by atoms with Gasteiger partial charge in [-0.05, 0) is 56.0 Å². The molecule has 0 amide bonds. The van der Waals surface area contributed by atoms with Crippen molar-refractivity contribution in [1.82, 2.24) is 15.1 Å². The highest BCUT2D eigenvalue weighted by Gasteiger charge is 2.10. The molecule has 1 N–H and O–H groups in total. The number of benzene rings is 1. The predicted octanol–water partition coefficient (Wildman–Crippen LogP) is 4.08. The number of nitrogens with one attached hydrogen (secondary N) is 1. The Hall–Kier alpha value is -1.61. The molecule has 1 aromatic heterocycles. The Bertz CT molecular complexity index is 584. The third-order valence-electron chi connectivity index (χ3n) is 3.75. The summed E-state index contributed by atoms with van der Waals surface area (Å²) in [4.78, 5) is 0. The SMILES string of the molecule is CCCNCc1ccc(C)c(-c2cn(CCC)nc2C)c1. The zero-order chi connectivity index (χ0) is 15.2. The van der Waals surface area contributed by atoms with E-state index in [0.717, 1.165) is 31.7 Å². The van der Waals surface area contributed by atoms with Crippen molar-refractivity contribution in [3.63, 3.8) is 0 Å². The van der Waals surface area contributed by atoms with Gasteiger partial charge in [0.1, 0.15) is 0 Å². The molecule has 2 aromatic rings. The molecule has 1 heterocycles. The maximum atomic E-state index is 4.62. The fourth-order valence-electron chi connectivity index (χ4n) is 2.60. The number of hydrogen-bond donors (Lipinski definition) is 1. The van der Waals surface area contributed by atoms with Crippen molar-refractivity contribution in [2.75, 3.05) is 6.54 Å². The molecule has 0 aliphatic heterocycles. The number of nitrogens with zero attached hydrogens (tertiary/aromatic N) is 2. The Kier molecular flexibility index (Phi) is 5.57. The number of rotatable bonds is 7. The first-order chi connectivity index (χ1) is 10.2. The van der Waals surface area contributed by atoms with E-state index >= 15 is 0 Å². The summed E-state index contributed by atoms with van der Waals surface area (Å²) in [5.74, 6) is 0. The van der Waals surface area contributed by atoms with E-state index in [-0.39, 0.29) is 0 Å². The summed E-state index contributed by atoms with van der Waals surface area (Å²) in [5.41, 5.74) is 6.34. The highest BCUT2D eigenvalue weighted by atomic mass is 15.3. The lowest BCUT2D eigenvalue weighted by Gasteiger charge is -2.09. The van der Waals surface area contributed by atoms with Gasteiger partial charge >= 0.3 is 0 Å². The van der Waals surface area contributed by atoms with Crippen molar-refractivity contribution in [2.45, 2.75) is 53.6 Å². The molecule has 3 heteroatoms. The van der Waals surface area contributed by atoms with E-state index in [4.69, 9.17) is 0 Å². The Morgan fingerprint density at radius 3 is 2.62 bits per heavy atom. The maximum Gasteiger partial charge on any atom is 0.0672 e. The minimum absolute atomic E-state index is 0.934. The van der Waals surface area contributed by atoms with Gasteiger partial charge < -0.3 is 5.32 Å². The summed E-state index contributed by atoms with van der Waals surface area (Å²) in [6.07, 6.45) is 4.46. The van der Waals surface area contributed by atoms with Gasteiger partial charge in [0.25, 0.3) is 0 Å². The van der Waals surface area contributed by atoms with Gasteiger partial charge in [0, 0.05) is 24.8 Å². The van der Waals surface area contributed by atoms with Crippen LogP contribution in [0, 0.1) is 13.8 Å². The van der Waals surface area contributed by atoms with Crippen molar-refractivity contribution in [2.24, 2.45) is 0 Å². The van der Waals surface area contributed by atoms with Crippen LogP contribution in [-0.4, -0.2) is 16.3 Å². The van der Waals surface area contributed by atoms with Crippen LogP contribution in [0.1, 0.15) is 43.5 Å². The minimum atomic E-state index is 0.934. The molecule has 0 bridgehead atoms. The van der Waals surface area contributed by atoms with Crippen molar-refractivity contribution in [3.05, 3.63) is 41.2 Å². The second-order valence-electron chi connectivity index (χ2n) is 5.72. The molecule has 0 saturated carbocycles. The van der Waals surface area contributed by atoms with Crippen LogP contribution in [0.4, 0.5) is 0 Å². The van der Waals surface area contributed by atoms with Gasteiger partial charge in [-0.2, -0.15) is 5.10 Å². The maximum absolute atomic E-state index is 4.62. The number of aromatic nitrogens is 2. The van der Waals surface area contributed by atoms with Gasteiger partial charge in [-0.1, -0.05) is 26.0 Å². The molecule has 114 valence electrons. The Morgan fingerprint density at radius 2 is 1.90 bits per heavy atom. The van der Waals surface area contributed by atoms with Gasteiger partial charge in [-0.3, -0.25) is 4.68 Å². The van der Waals surface area contributed by atoms with Crippen LogP contribution in [0.2, 0.25) is 0 Å². The van der Waals surface area contributed by atoms with Gasteiger partial charge in [0.15, 0.2) is 0 Å². The molecule has 0 aliphatic rings. The first kappa shape index (κ1) is 15.8. The van der Waals surface area contributed by atoms with E-state index in [1.165, 1.54) is 28.7 Å². The summed E-state index contributed by atoms with van der Waals surface area (Å²) in [6, 6.07) is 6.74. The normalized spacial score (nSPS) is 11.0. The molecule has 3 nitrogen and oxygen atoms in total. The van der Waals surface area contributed by atoms with E-state index in [0.29, 0.717) is 0 Å². The van der Waals surface area contributed by atoms with Crippen LogP contribution in [0.25, 0.3) is 11.1 Å². The average molecular weight is 285 g/mol. The van der Waals surface area contributed by atoms with Crippen LogP contribution in [0.3, 0.4) is 0 Å². The highest BCUT2D eigenvalue weighted by molar-refractivity contribution is 5.69. The van der Waals surface area contributed by atoms with E-state index in [2.05, 4.69) is 67.2 Å². The van der Waals surface area contributed by atoms with E-state index in [9.17, 15) is 0 Å². The molecule has 0 atom stereocenters. The summed E-state index contributed by atoms with van der Waals surface area (Å²) >= 11 is 0. The second-order valence-corrected chi connectivity index (χ2v) is 5.72. The van der Waals surface area contributed by atoms with Crippen LogP contribution in [0.15, 0.2) is 24.4 Å². The van der Waals surface area contributed by atoms with Crippen molar-refractivity contribution < 1.29 is 0 Å². The Labute approximate surface area is 128 Å². The van der Waals surface area contributed by atoms with Crippen LogP contribution in [0.5, 0.6) is 0 Å². The zero-order valence-corrected chi connectivity index (χ0v) is 13.7. The number of hydrogen-bond acceptors (Lipinski definition) is 2. The Morgan fingerprint density at radius 1 is 1.10 bits per heavy atom. The molecule has 0 radical (unpaired) electrons. The van der Waals surface area contributed by atoms with Crippen LogP contribution in [-0.2, 0) is 13.1 Å².